The van der Waals surface area contributed by atoms with Gasteiger partial charge >= 0.3 is 88.6 Å². The van der Waals surface area contributed by atoms with Crippen LogP contribution in [-0.4, -0.2) is 56.5 Å². The predicted octanol–water partition coefficient (Wildman–Crippen LogP) is 2.79. The van der Waals surface area contributed by atoms with Gasteiger partial charge in [0.1, 0.15) is 0 Å². The van der Waals surface area contributed by atoms with Crippen molar-refractivity contribution in [3.05, 3.63) is 0 Å². The monoisotopic (exact) mass is 190 g/mol. The summed E-state index contributed by atoms with van der Waals surface area (Å²) in [7, 11) is -3.67. The van der Waals surface area contributed by atoms with Gasteiger partial charge in [-0.2, -0.15) is 0 Å². The molecule has 0 spiro atoms. The Bertz CT molecular complexity index is 83.1. The first kappa shape index (κ1) is 12.5. The second kappa shape index (κ2) is 8.11. The Morgan fingerprint density at radius 2 is 1.36 bits per heavy atom. The van der Waals surface area contributed by atoms with Gasteiger partial charge in [0.25, 0.3) is 0 Å². The van der Waals surface area contributed by atoms with Crippen LogP contribution in [0.1, 0.15) is 32.1 Å². The van der Waals surface area contributed by atoms with Gasteiger partial charge in [0, 0.05) is 0 Å². The van der Waals surface area contributed by atoms with Crippen LogP contribution in [0, 0.1) is 0 Å². The van der Waals surface area contributed by atoms with Gasteiger partial charge in [-0.15, -0.1) is 0 Å². The fourth-order valence-electron chi connectivity index (χ4n) is 1.31. The quantitative estimate of drug-likeness (QED) is 0.515. The van der Waals surface area contributed by atoms with Crippen LogP contribution in [0.15, 0.2) is 0 Å². The SMILES string of the molecule is FB(F)F.[K][CH]1CCCCC1. The number of hydrogen-bond donors (Lipinski definition) is 0. The third kappa shape index (κ3) is 11.5. The number of hydrogen-bond acceptors (Lipinski definition) is 0. The molecule has 0 atom stereocenters. The zero-order valence-electron chi connectivity index (χ0n) is 6.82. The van der Waals surface area contributed by atoms with Gasteiger partial charge in [-0.25, -0.2) is 0 Å². The summed E-state index contributed by atoms with van der Waals surface area (Å²) in [5, 5.41) is 0. The van der Waals surface area contributed by atoms with Crippen molar-refractivity contribution in [3.63, 3.8) is 0 Å². The average Bonchev–Trinajstić information content (AvgIpc) is 1.87. The Morgan fingerprint density at radius 1 is 1.00 bits per heavy atom. The summed E-state index contributed by atoms with van der Waals surface area (Å²) in [5.41, 5.74) is 0. The van der Waals surface area contributed by atoms with Crippen molar-refractivity contribution in [1.29, 1.82) is 0 Å². The molecule has 1 rings (SSSR count). The maximum atomic E-state index is 9.67. The molecule has 0 bridgehead atoms. The number of rotatable bonds is 0. The molecule has 0 aromatic rings. The third-order valence-electron chi connectivity index (χ3n) is 1.89. The van der Waals surface area contributed by atoms with E-state index in [9.17, 15) is 12.9 Å². The van der Waals surface area contributed by atoms with Gasteiger partial charge in [0.2, 0.25) is 0 Å². The van der Waals surface area contributed by atoms with E-state index in [2.05, 4.69) is 0 Å². The van der Waals surface area contributed by atoms with Gasteiger partial charge in [-0.1, -0.05) is 0 Å². The van der Waals surface area contributed by atoms with Crippen LogP contribution in [0.25, 0.3) is 0 Å². The molecule has 0 unspecified atom stereocenters. The van der Waals surface area contributed by atoms with E-state index >= 15 is 0 Å². The number of halogens is 3. The zero-order chi connectivity index (χ0) is 8.69. The third-order valence-corrected chi connectivity index (χ3v) is 3.70. The van der Waals surface area contributed by atoms with Crippen LogP contribution in [-0.2, 0) is 0 Å². The summed E-state index contributed by atoms with van der Waals surface area (Å²) in [5.74, 6) is 0. The van der Waals surface area contributed by atoms with Crippen molar-refractivity contribution in [2.24, 2.45) is 0 Å². The van der Waals surface area contributed by atoms with Crippen LogP contribution in [0.2, 0.25) is 0.0125 Å². The minimum absolute atomic E-state index is 1.13. The Balaban J connectivity index is 0.000000218. The Kier molecular flexibility index (Phi) is 9.21. The Hall–Kier alpha value is 1.49. The normalized spacial score (nSPS) is 18.6. The summed E-state index contributed by atoms with van der Waals surface area (Å²) >= 11 is 1.13. The molecule has 1 aliphatic rings. The Labute approximate surface area is 100 Å². The summed E-state index contributed by atoms with van der Waals surface area (Å²) < 4.78 is 30.2. The van der Waals surface area contributed by atoms with Crippen molar-refractivity contribution in [2.45, 2.75) is 32.1 Å². The van der Waals surface area contributed by atoms with Crippen molar-refractivity contribution in [1.82, 2.24) is 0 Å². The van der Waals surface area contributed by atoms with Crippen molar-refractivity contribution >= 4 is 56.5 Å². The van der Waals surface area contributed by atoms with Crippen molar-refractivity contribution < 1.29 is 12.9 Å². The van der Waals surface area contributed by atoms with Gasteiger partial charge in [-0.05, 0) is 0 Å². The van der Waals surface area contributed by atoms with Crippen molar-refractivity contribution in [2.75, 3.05) is 0 Å². The van der Waals surface area contributed by atoms with Gasteiger partial charge in [0.15, 0.2) is 0 Å². The standard InChI is InChI=1S/C6H11.BF3.K/c1-2-4-6-5-3-1;2-1(3)4;/h1H,2-6H2;;. The molecule has 1 saturated carbocycles. The van der Waals surface area contributed by atoms with E-state index in [1.807, 2.05) is 0 Å². The molecular formula is C6H11BF3K. The topological polar surface area (TPSA) is 0 Å². The van der Waals surface area contributed by atoms with Crippen LogP contribution in [0.3, 0.4) is 0 Å². The summed E-state index contributed by atoms with van der Waals surface area (Å²) in [4.78, 5) is 0. The van der Waals surface area contributed by atoms with E-state index in [1.54, 1.807) is 12.8 Å². The first-order chi connectivity index (χ1) is 5.13. The van der Waals surface area contributed by atoms with Gasteiger partial charge < -0.3 is 0 Å². The predicted molar refractivity (Wildman–Crippen MR) is 41.7 cm³/mol. The van der Waals surface area contributed by atoms with Crippen LogP contribution >= 0.6 is 0 Å². The molecule has 1 aliphatic carbocycles. The van der Waals surface area contributed by atoms with Crippen molar-refractivity contribution in [3.8, 4) is 0 Å². The van der Waals surface area contributed by atoms with Gasteiger partial charge in [0.05, 0.1) is 0 Å². The molecule has 0 heterocycles. The molecule has 0 aromatic carbocycles. The average molecular weight is 190 g/mol. The second-order valence-electron chi connectivity index (χ2n) is 2.99. The van der Waals surface area contributed by atoms with Crippen LogP contribution in [0.5, 0.6) is 0 Å². The summed E-state index contributed by atoms with van der Waals surface area (Å²) in [6.45, 7) is 0. The van der Waals surface area contributed by atoms with Gasteiger partial charge in [-0.3, -0.25) is 12.9 Å². The molecule has 1 fully saturated rings. The molecule has 60 valence electrons. The van der Waals surface area contributed by atoms with E-state index in [0.29, 0.717) is 0 Å². The molecule has 11 heavy (non-hydrogen) atoms. The molecule has 0 radical (unpaired) electrons. The van der Waals surface area contributed by atoms with Crippen LogP contribution < -0.4 is 0 Å². The molecule has 0 aliphatic heterocycles. The fourth-order valence-corrected chi connectivity index (χ4v) is 2.58. The van der Waals surface area contributed by atoms with E-state index in [-0.39, 0.29) is 0 Å². The molecular weight excluding hydrogens is 179 g/mol. The second-order valence-corrected chi connectivity index (χ2v) is 5.54. The summed E-state index contributed by atoms with van der Waals surface area (Å²) in [6.07, 6.45) is 7.73. The molecule has 0 saturated heterocycles. The molecule has 0 aromatic heterocycles. The van der Waals surface area contributed by atoms with E-state index in [1.165, 1.54) is 19.3 Å². The van der Waals surface area contributed by atoms with E-state index in [4.69, 9.17) is 0 Å². The molecule has 0 N–H and O–H groups in total. The zero-order valence-corrected chi connectivity index (χ0v) is 9.95. The fraction of sp³-hybridized carbons (Fsp3) is 1.00. The first-order valence-corrected chi connectivity index (χ1v) is 5.85. The minimum atomic E-state index is -3.67. The molecule has 5 heteroatoms. The maximum absolute atomic E-state index is 9.67. The van der Waals surface area contributed by atoms with Crippen LogP contribution in [0.4, 0.5) is 12.9 Å². The first-order valence-electron chi connectivity index (χ1n) is 4.05. The van der Waals surface area contributed by atoms with E-state index in [0.717, 1.165) is 49.0 Å². The molecule has 0 amide bonds. The Morgan fingerprint density at radius 3 is 1.55 bits per heavy atom. The summed E-state index contributed by atoms with van der Waals surface area (Å²) in [6, 6.07) is 0. The van der Waals surface area contributed by atoms with E-state index < -0.39 is 7.54 Å². The molecule has 0 nitrogen and oxygen atoms in total.